The number of rotatable bonds is 1. The van der Waals surface area contributed by atoms with Gasteiger partial charge in [-0.15, -0.1) is 0 Å². The summed E-state index contributed by atoms with van der Waals surface area (Å²) >= 11 is 0. The van der Waals surface area contributed by atoms with Gasteiger partial charge in [-0.1, -0.05) is 26.0 Å². The fourth-order valence-electron chi connectivity index (χ4n) is 2.25. The lowest BCUT2D eigenvalue weighted by Gasteiger charge is -2.13. The van der Waals surface area contributed by atoms with Crippen molar-refractivity contribution < 1.29 is 4.79 Å². The van der Waals surface area contributed by atoms with Crippen molar-refractivity contribution in [2.45, 2.75) is 33.6 Å². The summed E-state index contributed by atoms with van der Waals surface area (Å²) in [5, 5.41) is 0. The number of Topliss-reactive ketones (excluding diaryl/α,β-unsaturated/α-hetero) is 1. The van der Waals surface area contributed by atoms with E-state index in [4.69, 9.17) is 0 Å². The highest BCUT2D eigenvalue weighted by atomic mass is 16.1. The summed E-state index contributed by atoms with van der Waals surface area (Å²) < 4.78 is 0. The maximum atomic E-state index is 11.0. The number of ketones is 1. The molecule has 12 heavy (non-hydrogen) atoms. The Morgan fingerprint density at radius 3 is 2.17 bits per heavy atom. The van der Waals surface area contributed by atoms with Gasteiger partial charge in [0.1, 0.15) is 5.78 Å². The van der Waals surface area contributed by atoms with E-state index in [0.29, 0.717) is 17.6 Å². The zero-order valence-corrected chi connectivity index (χ0v) is 8.21. The van der Waals surface area contributed by atoms with Gasteiger partial charge in [-0.25, -0.2) is 0 Å². The van der Waals surface area contributed by atoms with Crippen molar-refractivity contribution in [3.8, 4) is 0 Å². The monoisotopic (exact) mass is 166 g/mol. The second kappa shape index (κ2) is 3.88. The molecule has 0 aliphatic heterocycles. The molecule has 3 unspecified atom stereocenters. The minimum absolute atomic E-state index is 0.370. The van der Waals surface area contributed by atoms with Crippen LogP contribution in [-0.4, -0.2) is 5.78 Å². The smallest absolute Gasteiger partial charge is 0.133 e. The Kier molecular flexibility index (Phi) is 3.07. The van der Waals surface area contributed by atoms with Crippen LogP contribution in [0.2, 0.25) is 0 Å². The van der Waals surface area contributed by atoms with E-state index in [9.17, 15) is 4.79 Å². The second-order valence-electron chi connectivity index (χ2n) is 3.50. The van der Waals surface area contributed by atoms with Crippen LogP contribution in [0.4, 0.5) is 0 Å². The number of hydrogen-bond acceptors (Lipinski definition) is 1. The number of carbonyl (C=O) groups excluding carboxylic acids is 1. The van der Waals surface area contributed by atoms with Crippen LogP contribution in [0.1, 0.15) is 33.6 Å². The molecule has 0 spiro atoms. The largest absolute Gasteiger partial charge is 0.300 e. The van der Waals surface area contributed by atoms with Crippen LogP contribution in [0.25, 0.3) is 0 Å². The van der Waals surface area contributed by atoms with Crippen LogP contribution in [-0.2, 0) is 4.79 Å². The first-order valence-electron chi connectivity index (χ1n) is 4.96. The van der Waals surface area contributed by atoms with Crippen LogP contribution in [0.3, 0.4) is 0 Å². The summed E-state index contributed by atoms with van der Waals surface area (Å²) in [7, 11) is 0. The molecule has 0 amide bonds. The van der Waals surface area contributed by atoms with Gasteiger partial charge in [-0.05, 0) is 31.6 Å². The molecular weight excluding hydrogens is 148 g/mol. The Hall–Kier alpha value is -0.590. The van der Waals surface area contributed by atoms with Crippen molar-refractivity contribution in [2.24, 2.45) is 17.8 Å². The lowest BCUT2D eigenvalue weighted by molar-refractivity contribution is -0.121. The SMILES string of the molecule is CC.CC(=O)C1CC2C=CC1C2. The van der Waals surface area contributed by atoms with Crippen molar-refractivity contribution in [3.63, 3.8) is 0 Å². The molecule has 0 saturated heterocycles. The molecule has 0 N–H and O–H groups in total. The summed E-state index contributed by atoms with van der Waals surface area (Å²) in [6.07, 6.45) is 6.85. The zero-order chi connectivity index (χ0) is 9.14. The quantitative estimate of drug-likeness (QED) is 0.547. The molecule has 0 radical (unpaired) electrons. The van der Waals surface area contributed by atoms with Crippen molar-refractivity contribution in [1.82, 2.24) is 0 Å². The molecule has 2 aliphatic rings. The van der Waals surface area contributed by atoms with Crippen LogP contribution in [0.15, 0.2) is 12.2 Å². The van der Waals surface area contributed by atoms with E-state index in [2.05, 4.69) is 12.2 Å². The van der Waals surface area contributed by atoms with Gasteiger partial charge in [0.15, 0.2) is 0 Å². The molecule has 2 bridgehead atoms. The van der Waals surface area contributed by atoms with Crippen LogP contribution >= 0.6 is 0 Å². The van der Waals surface area contributed by atoms with Gasteiger partial charge in [0.05, 0.1) is 0 Å². The van der Waals surface area contributed by atoms with E-state index in [1.54, 1.807) is 6.92 Å². The summed E-state index contributed by atoms with van der Waals surface area (Å²) in [4.78, 5) is 11.0. The number of allylic oxidation sites excluding steroid dienone is 2. The Morgan fingerprint density at radius 2 is 1.92 bits per heavy atom. The normalized spacial score (nSPS) is 36.1. The van der Waals surface area contributed by atoms with Crippen LogP contribution in [0.5, 0.6) is 0 Å². The predicted molar refractivity (Wildman–Crippen MR) is 50.9 cm³/mol. The third-order valence-corrected chi connectivity index (χ3v) is 2.80. The summed E-state index contributed by atoms with van der Waals surface area (Å²) in [5.41, 5.74) is 0. The maximum Gasteiger partial charge on any atom is 0.133 e. The van der Waals surface area contributed by atoms with Gasteiger partial charge in [-0.2, -0.15) is 0 Å². The lowest BCUT2D eigenvalue weighted by atomic mass is 9.90. The Morgan fingerprint density at radius 1 is 1.25 bits per heavy atom. The maximum absolute atomic E-state index is 11.0. The van der Waals surface area contributed by atoms with Crippen molar-refractivity contribution in [2.75, 3.05) is 0 Å². The molecular formula is C11H18O. The third-order valence-electron chi connectivity index (χ3n) is 2.80. The van der Waals surface area contributed by atoms with Gasteiger partial charge >= 0.3 is 0 Å². The molecule has 2 aliphatic carbocycles. The number of carbonyl (C=O) groups is 1. The van der Waals surface area contributed by atoms with Gasteiger partial charge in [0.25, 0.3) is 0 Å². The fraction of sp³-hybridized carbons (Fsp3) is 0.727. The van der Waals surface area contributed by atoms with Gasteiger partial charge in [0.2, 0.25) is 0 Å². The van der Waals surface area contributed by atoms with Crippen molar-refractivity contribution in [1.29, 1.82) is 0 Å². The Bertz CT molecular complexity index is 193. The van der Waals surface area contributed by atoms with Gasteiger partial charge in [0, 0.05) is 5.92 Å². The van der Waals surface area contributed by atoms with Crippen molar-refractivity contribution in [3.05, 3.63) is 12.2 Å². The molecule has 1 fully saturated rings. The van der Waals surface area contributed by atoms with E-state index in [1.807, 2.05) is 13.8 Å². The van der Waals surface area contributed by atoms with Crippen LogP contribution in [0, 0.1) is 17.8 Å². The highest BCUT2D eigenvalue weighted by molar-refractivity contribution is 5.79. The van der Waals surface area contributed by atoms with Gasteiger partial charge < -0.3 is 0 Å². The minimum Gasteiger partial charge on any atom is -0.300 e. The molecule has 68 valence electrons. The van der Waals surface area contributed by atoms with Crippen LogP contribution < -0.4 is 0 Å². The summed E-state index contributed by atoms with van der Waals surface area (Å²) in [6, 6.07) is 0. The topological polar surface area (TPSA) is 17.1 Å². The highest BCUT2D eigenvalue weighted by Crippen LogP contribution is 2.43. The molecule has 0 aromatic heterocycles. The van der Waals surface area contributed by atoms with E-state index >= 15 is 0 Å². The molecule has 1 saturated carbocycles. The lowest BCUT2D eigenvalue weighted by Crippen LogP contribution is -2.15. The molecule has 0 heterocycles. The number of fused-ring (bicyclic) bond motifs is 2. The van der Waals surface area contributed by atoms with E-state index in [-0.39, 0.29) is 0 Å². The first-order valence-corrected chi connectivity index (χ1v) is 4.96. The average molecular weight is 166 g/mol. The van der Waals surface area contributed by atoms with Gasteiger partial charge in [-0.3, -0.25) is 4.79 Å². The van der Waals surface area contributed by atoms with E-state index in [0.717, 1.165) is 12.3 Å². The molecule has 0 aromatic rings. The summed E-state index contributed by atoms with van der Waals surface area (Å²) in [6.45, 7) is 5.72. The first-order chi connectivity index (χ1) is 5.77. The second-order valence-corrected chi connectivity index (χ2v) is 3.50. The van der Waals surface area contributed by atoms with Crippen molar-refractivity contribution >= 4 is 5.78 Å². The molecule has 1 nitrogen and oxygen atoms in total. The molecule has 0 aromatic carbocycles. The molecule has 1 heteroatoms. The molecule has 3 atom stereocenters. The standard InChI is InChI=1S/C9H12O.C2H6/c1-6(10)9-5-7-2-3-8(9)4-7;1-2/h2-3,7-9H,4-5H2,1H3;1-2H3. The number of hydrogen-bond donors (Lipinski definition) is 0. The zero-order valence-electron chi connectivity index (χ0n) is 8.21. The Labute approximate surface area is 74.9 Å². The molecule has 2 rings (SSSR count). The third kappa shape index (κ3) is 1.60. The first kappa shape index (κ1) is 9.50. The van der Waals surface area contributed by atoms with E-state index in [1.165, 1.54) is 6.42 Å². The minimum atomic E-state index is 0.370. The Balaban J connectivity index is 0.000000336. The predicted octanol–water partition coefficient (Wildman–Crippen LogP) is 2.81. The summed E-state index contributed by atoms with van der Waals surface area (Å²) in [5.74, 6) is 2.09. The fourth-order valence-corrected chi connectivity index (χ4v) is 2.25. The highest BCUT2D eigenvalue weighted by Gasteiger charge is 2.37. The average Bonchev–Trinajstić information content (AvgIpc) is 2.67. The van der Waals surface area contributed by atoms with E-state index < -0.39 is 0 Å².